The zero-order valence-corrected chi connectivity index (χ0v) is 16.8. The first-order chi connectivity index (χ1) is 12.9. The Bertz CT molecular complexity index is 850. The fraction of sp³-hybridized carbons (Fsp3) is 0.350. The van der Waals surface area contributed by atoms with E-state index < -0.39 is 10.0 Å². The molecular formula is C20H27N3O3S. The fourth-order valence-electron chi connectivity index (χ4n) is 3.05. The maximum absolute atomic E-state index is 12.7. The van der Waals surface area contributed by atoms with E-state index >= 15 is 0 Å². The fourth-order valence-corrected chi connectivity index (χ4v) is 3.63. The molecule has 0 aromatic heterocycles. The molecule has 0 aliphatic heterocycles. The molecule has 1 unspecified atom stereocenters. The summed E-state index contributed by atoms with van der Waals surface area (Å²) in [5.74, 6) is -0.310. The van der Waals surface area contributed by atoms with Crippen molar-refractivity contribution in [2.24, 2.45) is 0 Å². The standard InChI is InChI=1S/C20H27N3O3S/c1-4-23(5-2)19(16-11-7-6-8-12-16)15-21-20(24)17-13-9-10-14-18(17)22-27(3,25)26/h6-14,19,22H,4-5,15H2,1-3H3,(H,21,24). The monoisotopic (exact) mass is 389 g/mol. The second-order valence-electron chi connectivity index (χ2n) is 6.28. The van der Waals surface area contributed by atoms with Gasteiger partial charge >= 0.3 is 0 Å². The van der Waals surface area contributed by atoms with Crippen molar-refractivity contribution in [3.05, 3.63) is 65.7 Å². The third kappa shape index (κ3) is 6.08. The number of nitrogens with one attached hydrogen (secondary N) is 2. The number of anilines is 1. The van der Waals surface area contributed by atoms with Crippen LogP contribution >= 0.6 is 0 Å². The van der Waals surface area contributed by atoms with Crippen LogP contribution in [-0.4, -0.2) is 45.1 Å². The Kier molecular flexibility index (Phi) is 7.38. The number of nitrogens with zero attached hydrogens (tertiary/aromatic N) is 1. The summed E-state index contributed by atoms with van der Waals surface area (Å²) in [5.41, 5.74) is 1.70. The summed E-state index contributed by atoms with van der Waals surface area (Å²) < 4.78 is 25.5. The van der Waals surface area contributed by atoms with Crippen LogP contribution in [0, 0.1) is 0 Å². The van der Waals surface area contributed by atoms with Crippen LogP contribution in [0.5, 0.6) is 0 Å². The molecule has 0 radical (unpaired) electrons. The third-order valence-corrected chi connectivity index (χ3v) is 4.95. The molecule has 1 atom stereocenters. The number of benzene rings is 2. The SMILES string of the molecule is CCN(CC)C(CNC(=O)c1ccccc1NS(C)(=O)=O)c1ccccc1. The molecule has 0 bridgehead atoms. The van der Waals surface area contributed by atoms with E-state index in [-0.39, 0.29) is 17.6 Å². The minimum atomic E-state index is -3.47. The number of hydrogen-bond acceptors (Lipinski definition) is 4. The van der Waals surface area contributed by atoms with E-state index in [1.165, 1.54) is 0 Å². The second-order valence-corrected chi connectivity index (χ2v) is 8.03. The number of amides is 1. The van der Waals surface area contributed by atoms with E-state index in [0.29, 0.717) is 12.1 Å². The average Bonchev–Trinajstić information content (AvgIpc) is 2.64. The van der Waals surface area contributed by atoms with Crippen molar-refractivity contribution in [2.45, 2.75) is 19.9 Å². The van der Waals surface area contributed by atoms with Gasteiger partial charge in [0.25, 0.3) is 5.91 Å². The summed E-state index contributed by atoms with van der Waals surface area (Å²) in [6, 6.07) is 16.7. The highest BCUT2D eigenvalue weighted by Gasteiger charge is 2.20. The predicted molar refractivity (Wildman–Crippen MR) is 109 cm³/mol. The minimum Gasteiger partial charge on any atom is -0.350 e. The maximum Gasteiger partial charge on any atom is 0.253 e. The van der Waals surface area contributed by atoms with Crippen LogP contribution in [0.2, 0.25) is 0 Å². The van der Waals surface area contributed by atoms with Crippen molar-refractivity contribution in [2.75, 3.05) is 30.6 Å². The molecule has 2 aromatic carbocycles. The van der Waals surface area contributed by atoms with Crippen LogP contribution in [0.25, 0.3) is 0 Å². The normalized spacial score (nSPS) is 12.6. The van der Waals surface area contributed by atoms with Crippen LogP contribution in [0.1, 0.15) is 35.8 Å². The molecule has 146 valence electrons. The van der Waals surface area contributed by atoms with Crippen molar-refractivity contribution in [1.29, 1.82) is 0 Å². The van der Waals surface area contributed by atoms with Crippen molar-refractivity contribution >= 4 is 21.6 Å². The summed E-state index contributed by atoms with van der Waals surface area (Å²) in [7, 11) is -3.47. The Balaban J connectivity index is 2.19. The van der Waals surface area contributed by atoms with E-state index in [1.807, 2.05) is 30.3 Å². The molecule has 27 heavy (non-hydrogen) atoms. The van der Waals surface area contributed by atoms with Gasteiger partial charge in [0.2, 0.25) is 10.0 Å². The number of sulfonamides is 1. The Morgan fingerprint density at radius 1 is 1.00 bits per heavy atom. The van der Waals surface area contributed by atoms with Gasteiger partial charge in [-0.15, -0.1) is 0 Å². The van der Waals surface area contributed by atoms with Gasteiger partial charge < -0.3 is 5.32 Å². The van der Waals surface area contributed by atoms with Crippen LogP contribution in [0.3, 0.4) is 0 Å². The van der Waals surface area contributed by atoms with Gasteiger partial charge in [-0.3, -0.25) is 14.4 Å². The van der Waals surface area contributed by atoms with E-state index in [1.54, 1.807) is 24.3 Å². The first-order valence-electron chi connectivity index (χ1n) is 8.99. The van der Waals surface area contributed by atoms with Crippen LogP contribution in [-0.2, 0) is 10.0 Å². The van der Waals surface area contributed by atoms with Crippen LogP contribution < -0.4 is 10.0 Å². The van der Waals surface area contributed by atoms with Crippen molar-refractivity contribution < 1.29 is 13.2 Å². The highest BCUT2D eigenvalue weighted by molar-refractivity contribution is 7.92. The average molecular weight is 390 g/mol. The predicted octanol–water partition coefficient (Wildman–Crippen LogP) is 2.87. The number of rotatable bonds is 9. The molecule has 0 saturated heterocycles. The van der Waals surface area contributed by atoms with Gasteiger partial charge in [-0.25, -0.2) is 8.42 Å². The second kappa shape index (κ2) is 9.53. The first kappa shape index (κ1) is 20.9. The summed E-state index contributed by atoms with van der Waals surface area (Å²) in [5, 5.41) is 2.96. The Morgan fingerprint density at radius 2 is 1.59 bits per heavy atom. The van der Waals surface area contributed by atoms with Gasteiger partial charge in [-0.2, -0.15) is 0 Å². The quantitative estimate of drug-likeness (QED) is 0.691. The number of para-hydroxylation sites is 1. The van der Waals surface area contributed by atoms with Crippen molar-refractivity contribution in [3.63, 3.8) is 0 Å². The molecule has 0 saturated carbocycles. The summed E-state index contributed by atoms with van der Waals surface area (Å²) >= 11 is 0. The van der Waals surface area contributed by atoms with E-state index in [9.17, 15) is 13.2 Å². The molecule has 2 aromatic rings. The minimum absolute atomic E-state index is 0.0418. The maximum atomic E-state index is 12.7. The molecule has 2 rings (SSSR count). The van der Waals surface area contributed by atoms with Gasteiger partial charge in [0.05, 0.1) is 23.5 Å². The zero-order valence-electron chi connectivity index (χ0n) is 16.0. The molecular weight excluding hydrogens is 362 g/mol. The Morgan fingerprint density at radius 3 is 2.19 bits per heavy atom. The molecule has 0 aliphatic rings. The molecule has 7 heteroatoms. The number of carbonyl (C=O) groups is 1. The Hall–Kier alpha value is -2.38. The van der Waals surface area contributed by atoms with Crippen molar-refractivity contribution in [3.8, 4) is 0 Å². The molecule has 0 fully saturated rings. The summed E-state index contributed by atoms with van der Waals surface area (Å²) in [6.45, 7) is 6.33. The molecule has 6 nitrogen and oxygen atoms in total. The molecule has 0 spiro atoms. The highest BCUT2D eigenvalue weighted by atomic mass is 32.2. The molecule has 1 amide bonds. The lowest BCUT2D eigenvalue weighted by Crippen LogP contribution is -2.38. The summed E-state index contributed by atoms with van der Waals surface area (Å²) in [4.78, 5) is 15.0. The number of hydrogen-bond donors (Lipinski definition) is 2. The topological polar surface area (TPSA) is 78.5 Å². The smallest absolute Gasteiger partial charge is 0.253 e. The third-order valence-electron chi connectivity index (χ3n) is 4.36. The van der Waals surface area contributed by atoms with Gasteiger partial charge in [-0.05, 0) is 30.8 Å². The van der Waals surface area contributed by atoms with Crippen molar-refractivity contribution in [1.82, 2.24) is 10.2 Å². The Labute approximate surface area is 161 Å². The van der Waals surface area contributed by atoms with E-state index in [2.05, 4.69) is 28.8 Å². The molecule has 0 aliphatic carbocycles. The van der Waals surface area contributed by atoms with Gasteiger partial charge in [0, 0.05) is 6.54 Å². The van der Waals surface area contributed by atoms with Crippen LogP contribution in [0.4, 0.5) is 5.69 Å². The highest BCUT2D eigenvalue weighted by Crippen LogP contribution is 2.21. The lowest BCUT2D eigenvalue weighted by molar-refractivity contribution is 0.0936. The van der Waals surface area contributed by atoms with Gasteiger partial charge in [-0.1, -0.05) is 56.3 Å². The van der Waals surface area contributed by atoms with Gasteiger partial charge in [0.1, 0.15) is 0 Å². The number of carbonyl (C=O) groups excluding carboxylic acids is 1. The molecule has 2 N–H and O–H groups in total. The van der Waals surface area contributed by atoms with E-state index in [4.69, 9.17) is 0 Å². The van der Waals surface area contributed by atoms with E-state index in [0.717, 1.165) is 24.9 Å². The number of likely N-dealkylation sites (N-methyl/N-ethyl adjacent to an activating group) is 1. The lowest BCUT2D eigenvalue weighted by Gasteiger charge is -2.30. The zero-order chi connectivity index (χ0) is 19.9. The largest absolute Gasteiger partial charge is 0.350 e. The lowest BCUT2D eigenvalue weighted by atomic mass is 10.0. The molecule has 0 heterocycles. The first-order valence-corrected chi connectivity index (χ1v) is 10.9. The summed E-state index contributed by atoms with van der Waals surface area (Å²) in [6.07, 6.45) is 1.06. The van der Waals surface area contributed by atoms with Gasteiger partial charge in [0.15, 0.2) is 0 Å². The van der Waals surface area contributed by atoms with Crippen LogP contribution in [0.15, 0.2) is 54.6 Å².